The number of carboxylic acid groups (broad SMARTS) is 1. The first-order chi connectivity index (χ1) is 8.68. The van der Waals surface area contributed by atoms with Gasteiger partial charge in [0.25, 0.3) is 0 Å². The number of carbonyl (C=O) groups is 2. The topological polar surface area (TPSA) is 66.4 Å². The van der Waals surface area contributed by atoms with Crippen LogP contribution in [0.25, 0.3) is 0 Å². The second kappa shape index (κ2) is 8.36. The molecular formula is C13H15NO3S. The minimum absolute atomic E-state index is 0.0755. The van der Waals surface area contributed by atoms with Gasteiger partial charge in [-0.05, 0) is 12.1 Å². The largest absolute Gasteiger partial charge is 0.478 e. The van der Waals surface area contributed by atoms with Crippen LogP contribution in [0.5, 0.6) is 0 Å². The molecule has 0 atom stereocenters. The lowest BCUT2D eigenvalue weighted by Crippen LogP contribution is -2.23. The molecule has 0 aromatic heterocycles. The summed E-state index contributed by atoms with van der Waals surface area (Å²) in [6, 6.07) is 9.86. The van der Waals surface area contributed by atoms with Crippen LogP contribution >= 0.6 is 11.8 Å². The van der Waals surface area contributed by atoms with Crippen LogP contribution in [0.15, 0.2) is 47.4 Å². The van der Waals surface area contributed by atoms with E-state index in [1.807, 2.05) is 30.3 Å². The van der Waals surface area contributed by atoms with Gasteiger partial charge >= 0.3 is 5.97 Å². The third kappa shape index (κ3) is 6.75. The molecule has 0 saturated carbocycles. The average molecular weight is 265 g/mol. The average Bonchev–Trinajstić information content (AvgIpc) is 2.36. The molecule has 5 heteroatoms. The highest BCUT2D eigenvalue weighted by Crippen LogP contribution is 2.17. The van der Waals surface area contributed by atoms with E-state index in [-0.39, 0.29) is 12.5 Å². The Kier molecular flexibility index (Phi) is 6.64. The van der Waals surface area contributed by atoms with Gasteiger partial charge in [-0.15, -0.1) is 11.8 Å². The fourth-order valence-electron chi connectivity index (χ4n) is 1.20. The Bertz CT molecular complexity index is 418. The van der Waals surface area contributed by atoms with Crippen molar-refractivity contribution < 1.29 is 14.7 Å². The van der Waals surface area contributed by atoms with Crippen molar-refractivity contribution in [3.63, 3.8) is 0 Å². The molecule has 0 heterocycles. The quantitative estimate of drug-likeness (QED) is 0.584. The van der Waals surface area contributed by atoms with Crippen molar-refractivity contribution in [2.75, 3.05) is 12.3 Å². The van der Waals surface area contributed by atoms with Crippen LogP contribution in [0, 0.1) is 0 Å². The van der Waals surface area contributed by atoms with Crippen molar-refractivity contribution in [2.45, 2.75) is 11.3 Å². The highest BCUT2D eigenvalue weighted by atomic mass is 32.2. The van der Waals surface area contributed by atoms with E-state index in [9.17, 15) is 9.59 Å². The second-order valence-electron chi connectivity index (χ2n) is 3.46. The third-order valence-corrected chi connectivity index (χ3v) is 3.03. The summed E-state index contributed by atoms with van der Waals surface area (Å²) >= 11 is 1.62. The zero-order valence-corrected chi connectivity index (χ0v) is 10.7. The molecule has 0 saturated heterocycles. The Balaban J connectivity index is 2.12. The van der Waals surface area contributed by atoms with Crippen LogP contribution in [0.4, 0.5) is 0 Å². The van der Waals surface area contributed by atoms with E-state index in [4.69, 9.17) is 5.11 Å². The number of rotatable bonds is 7. The van der Waals surface area contributed by atoms with Gasteiger partial charge in [-0.2, -0.15) is 0 Å². The van der Waals surface area contributed by atoms with Crippen LogP contribution in [-0.2, 0) is 9.59 Å². The first-order valence-corrected chi connectivity index (χ1v) is 6.51. The molecule has 0 bridgehead atoms. The SMILES string of the molecule is O=C(O)/C=C/CNC(=O)CCSc1ccccc1. The molecule has 0 aliphatic carbocycles. The van der Waals surface area contributed by atoms with Crippen molar-refractivity contribution >= 4 is 23.6 Å². The summed E-state index contributed by atoms with van der Waals surface area (Å²) in [6.45, 7) is 0.251. The first kappa shape index (κ1) is 14.3. The van der Waals surface area contributed by atoms with E-state index in [0.717, 1.165) is 11.0 Å². The monoisotopic (exact) mass is 265 g/mol. The molecule has 4 nitrogen and oxygen atoms in total. The molecule has 18 heavy (non-hydrogen) atoms. The van der Waals surface area contributed by atoms with Crippen molar-refractivity contribution in [2.24, 2.45) is 0 Å². The number of carboxylic acids is 1. The molecule has 1 aromatic carbocycles. The summed E-state index contributed by atoms with van der Waals surface area (Å²) in [4.78, 5) is 22.7. The Morgan fingerprint density at radius 1 is 1.28 bits per heavy atom. The first-order valence-electron chi connectivity index (χ1n) is 5.52. The predicted octanol–water partition coefficient (Wildman–Crippen LogP) is 1.93. The summed E-state index contributed by atoms with van der Waals surface area (Å²) in [5.41, 5.74) is 0. The fraction of sp³-hybridized carbons (Fsp3) is 0.231. The van der Waals surface area contributed by atoms with Gasteiger partial charge in [0.1, 0.15) is 0 Å². The number of nitrogens with one attached hydrogen (secondary N) is 1. The zero-order chi connectivity index (χ0) is 13.2. The smallest absolute Gasteiger partial charge is 0.328 e. The van der Waals surface area contributed by atoms with Gasteiger partial charge in [0.05, 0.1) is 0 Å². The summed E-state index contributed by atoms with van der Waals surface area (Å²) < 4.78 is 0. The highest BCUT2D eigenvalue weighted by molar-refractivity contribution is 7.99. The van der Waals surface area contributed by atoms with Gasteiger partial charge in [-0.25, -0.2) is 4.79 Å². The third-order valence-electron chi connectivity index (χ3n) is 2.02. The summed E-state index contributed by atoms with van der Waals surface area (Å²) in [5, 5.41) is 11.0. The Morgan fingerprint density at radius 3 is 2.67 bits per heavy atom. The van der Waals surface area contributed by atoms with Crippen molar-refractivity contribution in [1.82, 2.24) is 5.32 Å². The number of hydrogen-bond donors (Lipinski definition) is 2. The lowest BCUT2D eigenvalue weighted by Gasteiger charge is -2.02. The van der Waals surface area contributed by atoms with Gasteiger partial charge in [0.2, 0.25) is 5.91 Å². The van der Waals surface area contributed by atoms with Crippen LogP contribution in [0.3, 0.4) is 0 Å². The molecule has 2 N–H and O–H groups in total. The van der Waals surface area contributed by atoms with E-state index in [0.29, 0.717) is 12.2 Å². The summed E-state index contributed by atoms with van der Waals surface area (Å²) in [6.07, 6.45) is 2.84. The lowest BCUT2D eigenvalue weighted by molar-refractivity contribution is -0.131. The second-order valence-corrected chi connectivity index (χ2v) is 4.62. The molecule has 96 valence electrons. The van der Waals surface area contributed by atoms with Crippen LogP contribution < -0.4 is 5.32 Å². The van der Waals surface area contributed by atoms with Gasteiger partial charge in [0.15, 0.2) is 0 Å². The standard InChI is InChI=1S/C13H15NO3S/c15-12(14-9-4-7-13(16)17)8-10-18-11-5-2-1-3-6-11/h1-7H,8-10H2,(H,14,15)(H,16,17)/b7-4+. The van der Waals surface area contributed by atoms with Crippen LogP contribution in [0.1, 0.15) is 6.42 Å². The van der Waals surface area contributed by atoms with Gasteiger partial charge in [0, 0.05) is 29.7 Å². The van der Waals surface area contributed by atoms with E-state index >= 15 is 0 Å². The van der Waals surface area contributed by atoms with Crippen molar-refractivity contribution in [3.05, 3.63) is 42.5 Å². The molecule has 0 aliphatic heterocycles. The normalized spacial score (nSPS) is 10.4. The van der Waals surface area contributed by atoms with Crippen molar-refractivity contribution in [3.8, 4) is 0 Å². The van der Waals surface area contributed by atoms with Crippen LogP contribution in [-0.4, -0.2) is 29.3 Å². The van der Waals surface area contributed by atoms with Gasteiger partial charge in [-0.3, -0.25) is 4.79 Å². The lowest BCUT2D eigenvalue weighted by atomic mass is 10.4. The van der Waals surface area contributed by atoms with E-state index in [1.54, 1.807) is 11.8 Å². The molecule has 0 spiro atoms. The molecule has 0 unspecified atom stereocenters. The minimum Gasteiger partial charge on any atom is -0.478 e. The molecule has 1 rings (SSSR count). The summed E-state index contributed by atoms with van der Waals surface area (Å²) in [5.74, 6) is -0.379. The van der Waals surface area contributed by atoms with E-state index in [2.05, 4.69) is 5.32 Å². The zero-order valence-electron chi connectivity index (χ0n) is 9.83. The van der Waals surface area contributed by atoms with E-state index in [1.165, 1.54) is 6.08 Å². The number of hydrogen-bond acceptors (Lipinski definition) is 3. The minimum atomic E-state index is -1.01. The predicted molar refractivity (Wildman–Crippen MR) is 71.6 cm³/mol. The van der Waals surface area contributed by atoms with Crippen molar-refractivity contribution in [1.29, 1.82) is 0 Å². The van der Waals surface area contributed by atoms with Gasteiger partial charge in [-0.1, -0.05) is 24.3 Å². The Morgan fingerprint density at radius 2 is 2.00 bits per heavy atom. The number of thioether (sulfide) groups is 1. The summed E-state index contributed by atoms with van der Waals surface area (Å²) in [7, 11) is 0. The Hall–Kier alpha value is -1.75. The molecule has 1 aromatic rings. The maximum Gasteiger partial charge on any atom is 0.328 e. The highest BCUT2D eigenvalue weighted by Gasteiger charge is 2.00. The number of aliphatic carboxylic acids is 1. The fourth-order valence-corrected chi connectivity index (χ4v) is 2.07. The molecule has 1 amide bonds. The molecule has 0 aliphatic rings. The molecule has 0 radical (unpaired) electrons. The Labute approximate surface area is 110 Å². The van der Waals surface area contributed by atoms with E-state index < -0.39 is 5.97 Å². The maximum absolute atomic E-state index is 11.4. The number of benzene rings is 1. The molecular weight excluding hydrogens is 250 g/mol. The maximum atomic E-state index is 11.4. The number of carbonyl (C=O) groups excluding carboxylic acids is 1. The molecule has 0 fully saturated rings. The van der Waals surface area contributed by atoms with Crippen LogP contribution in [0.2, 0.25) is 0 Å². The number of amides is 1. The van der Waals surface area contributed by atoms with Gasteiger partial charge < -0.3 is 10.4 Å².